The Hall–Kier alpha value is -2.56. The van der Waals surface area contributed by atoms with Gasteiger partial charge in [-0.1, -0.05) is 6.07 Å². The molecule has 0 aliphatic rings. The largest absolute Gasteiger partial charge is 0.497 e. The molecule has 0 amide bonds. The summed E-state index contributed by atoms with van der Waals surface area (Å²) in [6.45, 7) is 1.88. The normalized spacial score (nSPS) is 10.3. The highest BCUT2D eigenvalue weighted by atomic mass is 16.5. The summed E-state index contributed by atoms with van der Waals surface area (Å²) in [5.74, 6) is 0.633. The molecule has 1 heterocycles. The van der Waals surface area contributed by atoms with Crippen LogP contribution in [0, 0.1) is 6.92 Å². The van der Waals surface area contributed by atoms with E-state index in [1.165, 1.54) is 0 Å². The average Bonchev–Trinajstić information content (AvgIpc) is 2.52. The van der Waals surface area contributed by atoms with Crippen molar-refractivity contribution in [3.05, 3.63) is 41.6 Å². The summed E-state index contributed by atoms with van der Waals surface area (Å²) in [6, 6.07) is 9.33. The first kappa shape index (κ1) is 15.8. The number of carboxylic acids is 1. The summed E-state index contributed by atoms with van der Waals surface area (Å²) in [7, 11) is 3.22. The van der Waals surface area contributed by atoms with E-state index in [1.807, 2.05) is 37.3 Å². The van der Waals surface area contributed by atoms with Crippen LogP contribution in [-0.4, -0.2) is 30.3 Å². The van der Waals surface area contributed by atoms with Gasteiger partial charge in [-0.05, 0) is 43.2 Å². The smallest absolute Gasteiger partial charge is 0.303 e. The maximum atomic E-state index is 10.7. The van der Waals surface area contributed by atoms with E-state index in [1.54, 1.807) is 14.2 Å². The molecule has 5 heteroatoms. The second-order valence-corrected chi connectivity index (χ2v) is 4.90. The van der Waals surface area contributed by atoms with Gasteiger partial charge in [0, 0.05) is 17.7 Å². The van der Waals surface area contributed by atoms with E-state index in [0.717, 1.165) is 28.3 Å². The van der Waals surface area contributed by atoms with Gasteiger partial charge in [0.25, 0.3) is 0 Å². The summed E-state index contributed by atoms with van der Waals surface area (Å²) in [4.78, 5) is 15.3. The standard InChI is InChI=1S/C17H19NO4/c1-11-12(5-9-17(19)20)4-7-15(18-11)14-10-13(21-2)6-8-16(14)22-3/h4,6-8,10H,5,9H2,1-3H3,(H,19,20). The van der Waals surface area contributed by atoms with E-state index in [-0.39, 0.29) is 6.42 Å². The van der Waals surface area contributed by atoms with Crippen molar-refractivity contribution in [3.8, 4) is 22.8 Å². The van der Waals surface area contributed by atoms with Crippen LogP contribution in [0.3, 0.4) is 0 Å². The van der Waals surface area contributed by atoms with E-state index < -0.39 is 5.97 Å². The third-order valence-corrected chi connectivity index (χ3v) is 3.49. The summed E-state index contributed by atoms with van der Waals surface area (Å²) >= 11 is 0. The van der Waals surface area contributed by atoms with Gasteiger partial charge in [-0.25, -0.2) is 0 Å². The molecule has 0 aliphatic carbocycles. The molecule has 22 heavy (non-hydrogen) atoms. The number of aromatic nitrogens is 1. The van der Waals surface area contributed by atoms with Crippen molar-refractivity contribution in [1.29, 1.82) is 0 Å². The number of carboxylic acid groups (broad SMARTS) is 1. The van der Waals surface area contributed by atoms with Gasteiger partial charge >= 0.3 is 5.97 Å². The predicted octanol–water partition coefficient (Wildman–Crippen LogP) is 3.09. The topological polar surface area (TPSA) is 68.7 Å². The molecule has 1 aromatic carbocycles. The molecule has 5 nitrogen and oxygen atoms in total. The summed E-state index contributed by atoms with van der Waals surface area (Å²) < 4.78 is 10.6. The van der Waals surface area contributed by atoms with E-state index in [4.69, 9.17) is 14.6 Å². The minimum Gasteiger partial charge on any atom is -0.497 e. The Morgan fingerprint density at radius 2 is 1.95 bits per heavy atom. The molecular formula is C17H19NO4. The van der Waals surface area contributed by atoms with Crippen molar-refractivity contribution < 1.29 is 19.4 Å². The number of ether oxygens (including phenoxy) is 2. The fraction of sp³-hybridized carbons (Fsp3) is 0.294. The predicted molar refractivity (Wildman–Crippen MR) is 83.5 cm³/mol. The number of pyridine rings is 1. The lowest BCUT2D eigenvalue weighted by Gasteiger charge is -2.12. The molecule has 0 atom stereocenters. The monoisotopic (exact) mass is 301 g/mol. The number of benzene rings is 1. The van der Waals surface area contributed by atoms with Gasteiger partial charge in [0.15, 0.2) is 0 Å². The Morgan fingerprint density at radius 1 is 1.18 bits per heavy atom. The van der Waals surface area contributed by atoms with Crippen molar-refractivity contribution in [2.45, 2.75) is 19.8 Å². The van der Waals surface area contributed by atoms with Crippen molar-refractivity contribution in [3.63, 3.8) is 0 Å². The maximum Gasteiger partial charge on any atom is 0.303 e. The second-order valence-electron chi connectivity index (χ2n) is 4.90. The molecule has 0 unspecified atom stereocenters. The number of rotatable bonds is 6. The molecule has 2 aromatic rings. The second kappa shape index (κ2) is 6.93. The highest BCUT2D eigenvalue weighted by Crippen LogP contribution is 2.32. The van der Waals surface area contributed by atoms with Crippen LogP contribution in [0.5, 0.6) is 11.5 Å². The number of hydrogen-bond acceptors (Lipinski definition) is 4. The summed E-state index contributed by atoms with van der Waals surface area (Å²) in [5.41, 5.74) is 3.37. The lowest BCUT2D eigenvalue weighted by Crippen LogP contribution is -2.01. The van der Waals surface area contributed by atoms with E-state index in [2.05, 4.69) is 4.98 Å². The van der Waals surface area contributed by atoms with Crippen LogP contribution in [0.4, 0.5) is 0 Å². The van der Waals surface area contributed by atoms with Gasteiger partial charge in [0.05, 0.1) is 19.9 Å². The number of nitrogens with zero attached hydrogens (tertiary/aromatic N) is 1. The molecule has 116 valence electrons. The van der Waals surface area contributed by atoms with E-state index in [9.17, 15) is 4.79 Å². The van der Waals surface area contributed by atoms with Crippen LogP contribution in [0.2, 0.25) is 0 Å². The fourth-order valence-electron chi connectivity index (χ4n) is 2.26. The number of carbonyl (C=O) groups is 1. The highest BCUT2D eigenvalue weighted by Gasteiger charge is 2.11. The van der Waals surface area contributed by atoms with Gasteiger partial charge < -0.3 is 14.6 Å². The van der Waals surface area contributed by atoms with E-state index >= 15 is 0 Å². The third kappa shape index (κ3) is 3.55. The first-order valence-electron chi connectivity index (χ1n) is 6.96. The van der Waals surface area contributed by atoms with Crippen LogP contribution < -0.4 is 9.47 Å². The number of aryl methyl sites for hydroxylation is 2. The lowest BCUT2D eigenvalue weighted by atomic mass is 10.0. The first-order chi connectivity index (χ1) is 10.5. The van der Waals surface area contributed by atoms with Crippen molar-refractivity contribution in [1.82, 2.24) is 4.98 Å². The van der Waals surface area contributed by atoms with Gasteiger partial charge in [0.1, 0.15) is 11.5 Å². The number of methoxy groups -OCH3 is 2. The van der Waals surface area contributed by atoms with E-state index in [0.29, 0.717) is 12.2 Å². The number of hydrogen-bond donors (Lipinski definition) is 1. The van der Waals surface area contributed by atoms with Gasteiger partial charge in [-0.15, -0.1) is 0 Å². The molecule has 0 spiro atoms. The molecule has 1 N–H and O–H groups in total. The van der Waals surface area contributed by atoms with Gasteiger partial charge in [0.2, 0.25) is 0 Å². The Bertz CT molecular complexity index is 682. The van der Waals surface area contributed by atoms with Crippen LogP contribution in [-0.2, 0) is 11.2 Å². The molecule has 0 bridgehead atoms. The van der Waals surface area contributed by atoms with Crippen LogP contribution in [0.1, 0.15) is 17.7 Å². The SMILES string of the molecule is COc1ccc(OC)c(-c2ccc(CCC(=O)O)c(C)n2)c1. The Labute approximate surface area is 129 Å². The maximum absolute atomic E-state index is 10.7. The van der Waals surface area contributed by atoms with Crippen LogP contribution in [0.25, 0.3) is 11.3 Å². The Morgan fingerprint density at radius 3 is 2.55 bits per heavy atom. The Balaban J connectivity index is 2.37. The zero-order chi connectivity index (χ0) is 16.1. The van der Waals surface area contributed by atoms with Gasteiger partial charge in [-0.2, -0.15) is 0 Å². The average molecular weight is 301 g/mol. The quantitative estimate of drug-likeness (QED) is 0.888. The molecular weight excluding hydrogens is 282 g/mol. The Kier molecular flexibility index (Phi) is 4.99. The molecule has 1 aromatic heterocycles. The van der Waals surface area contributed by atoms with Crippen molar-refractivity contribution >= 4 is 5.97 Å². The zero-order valence-corrected chi connectivity index (χ0v) is 12.9. The van der Waals surface area contributed by atoms with Crippen molar-refractivity contribution in [2.75, 3.05) is 14.2 Å². The van der Waals surface area contributed by atoms with Crippen LogP contribution in [0.15, 0.2) is 30.3 Å². The van der Waals surface area contributed by atoms with Crippen LogP contribution >= 0.6 is 0 Å². The van der Waals surface area contributed by atoms with Gasteiger partial charge in [-0.3, -0.25) is 9.78 Å². The number of aliphatic carboxylic acids is 1. The molecule has 2 rings (SSSR count). The highest BCUT2D eigenvalue weighted by molar-refractivity contribution is 5.70. The fourth-order valence-corrected chi connectivity index (χ4v) is 2.26. The minimum atomic E-state index is -0.807. The summed E-state index contributed by atoms with van der Waals surface area (Å²) in [5, 5.41) is 8.77. The third-order valence-electron chi connectivity index (χ3n) is 3.49. The summed E-state index contributed by atoms with van der Waals surface area (Å²) in [6.07, 6.45) is 0.577. The lowest BCUT2D eigenvalue weighted by molar-refractivity contribution is -0.136. The zero-order valence-electron chi connectivity index (χ0n) is 12.9. The minimum absolute atomic E-state index is 0.102. The molecule has 0 fully saturated rings. The molecule has 0 radical (unpaired) electrons. The molecule has 0 saturated carbocycles. The van der Waals surface area contributed by atoms with Crippen molar-refractivity contribution in [2.24, 2.45) is 0 Å². The first-order valence-corrected chi connectivity index (χ1v) is 6.96. The molecule has 0 saturated heterocycles. The molecule has 0 aliphatic heterocycles.